The molecule has 0 aliphatic carbocycles. The number of hydrogen-bond acceptors (Lipinski definition) is 6. The molecule has 5 nitrogen and oxygen atoms in total. The minimum atomic E-state index is 0.803. The number of aromatic nitrogens is 5. The predicted octanol–water partition coefficient (Wildman–Crippen LogP) is 4.43. The maximum Gasteiger partial charge on any atom is 0.197 e. The van der Waals surface area contributed by atoms with E-state index in [0.717, 1.165) is 38.3 Å². The van der Waals surface area contributed by atoms with Crippen LogP contribution in [0.3, 0.4) is 0 Å². The van der Waals surface area contributed by atoms with Crippen molar-refractivity contribution >= 4 is 33.3 Å². The molecule has 4 aromatic rings. The highest BCUT2D eigenvalue weighted by molar-refractivity contribution is 7.99. The molecule has 0 saturated heterocycles. The molecule has 0 aliphatic rings. The van der Waals surface area contributed by atoms with Crippen LogP contribution in [0.1, 0.15) is 12.5 Å². The number of rotatable bonds is 4. The monoisotopic (exact) mass is 353 g/mol. The molecule has 3 aromatic heterocycles. The summed E-state index contributed by atoms with van der Waals surface area (Å²) in [6.07, 6.45) is 1.60. The molecular formula is C17H15N5S2. The number of fused-ring (bicyclic) bond motifs is 1. The second-order valence-corrected chi connectivity index (χ2v) is 7.15. The molecule has 7 heteroatoms. The molecule has 0 saturated carbocycles. The smallest absolute Gasteiger partial charge is 0.197 e. The second-order valence-electron chi connectivity index (χ2n) is 5.28. The average Bonchev–Trinajstić information content (AvgIpc) is 3.22. The summed E-state index contributed by atoms with van der Waals surface area (Å²) in [5.41, 5.74) is 3.28. The number of thiophene rings is 1. The SMILES string of the molecule is CCn1c(Sc2ncnc3ccsc23)nnc1-c1ccccc1C. The van der Waals surface area contributed by atoms with E-state index in [0.29, 0.717) is 0 Å². The van der Waals surface area contributed by atoms with Gasteiger partial charge in [-0.2, -0.15) is 0 Å². The van der Waals surface area contributed by atoms with Crippen LogP contribution >= 0.6 is 23.1 Å². The first-order chi connectivity index (χ1) is 11.8. The third-order valence-electron chi connectivity index (χ3n) is 3.82. The molecule has 120 valence electrons. The van der Waals surface area contributed by atoms with E-state index in [2.05, 4.69) is 50.7 Å². The molecule has 0 fully saturated rings. The zero-order valence-corrected chi connectivity index (χ0v) is 14.9. The molecule has 3 heterocycles. The number of aryl methyl sites for hydroxylation is 1. The minimum Gasteiger partial charge on any atom is -0.302 e. The summed E-state index contributed by atoms with van der Waals surface area (Å²) in [6, 6.07) is 10.3. The van der Waals surface area contributed by atoms with Gasteiger partial charge in [0, 0.05) is 12.1 Å². The van der Waals surface area contributed by atoms with Crippen LogP contribution in [0.15, 0.2) is 52.2 Å². The first-order valence-corrected chi connectivity index (χ1v) is 9.32. The molecule has 24 heavy (non-hydrogen) atoms. The first-order valence-electron chi connectivity index (χ1n) is 7.63. The number of nitrogens with zero attached hydrogens (tertiary/aromatic N) is 5. The fraction of sp³-hybridized carbons (Fsp3) is 0.176. The Hall–Kier alpha value is -2.25. The fourth-order valence-corrected chi connectivity index (χ4v) is 4.47. The topological polar surface area (TPSA) is 56.5 Å². The highest BCUT2D eigenvalue weighted by atomic mass is 32.2. The van der Waals surface area contributed by atoms with E-state index < -0.39 is 0 Å². The molecule has 4 rings (SSSR count). The summed E-state index contributed by atoms with van der Waals surface area (Å²) < 4.78 is 3.22. The van der Waals surface area contributed by atoms with Crippen molar-refractivity contribution in [1.82, 2.24) is 24.7 Å². The van der Waals surface area contributed by atoms with Gasteiger partial charge in [-0.05, 0) is 42.6 Å². The van der Waals surface area contributed by atoms with Crippen molar-refractivity contribution in [3.63, 3.8) is 0 Å². The highest BCUT2D eigenvalue weighted by Gasteiger charge is 2.17. The number of hydrogen-bond donors (Lipinski definition) is 0. The van der Waals surface area contributed by atoms with Gasteiger partial charge in [0.15, 0.2) is 11.0 Å². The lowest BCUT2D eigenvalue weighted by Gasteiger charge is -2.09. The van der Waals surface area contributed by atoms with Crippen LogP contribution < -0.4 is 0 Å². The zero-order chi connectivity index (χ0) is 16.5. The van der Waals surface area contributed by atoms with Crippen LogP contribution in [0.25, 0.3) is 21.6 Å². The van der Waals surface area contributed by atoms with E-state index in [1.807, 2.05) is 23.6 Å². The van der Waals surface area contributed by atoms with Gasteiger partial charge >= 0.3 is 0 Å². The summed E-state index contributed by atoms with van der Waals surface area (Å²) in [4.78, 5) is 8.72. The van der Waals surface area contributed by atoms with Crippen LogP contribution in [-0.4, -0.2) is 24.7 Å². The molecule has 0 atom stereocenters. The standard InChI is InChI=1S/C17H15N5S2/c1-3-22-15(12-7-5-4-6-11(12)2)20-21-17(22)24-16-14-13(8-9-23-14)18-10-19-16/h4-10H,3H2,1-2H3. The molecule has 0 amide bonds. The molecule has 0 unspecified atom stereocenters. The zero-order valence-electron chi connectivity index (χ0n) is 13.3. The van der Waals surface area contributed by atoms with E-state index >= 15 is 0 Å². The van der Waals surface area contributed by atoms with Gasteiger partial charge in [-0.1, -0.05) is 24.3 Å². The van der Waals surface area contributed by atoms with Gasteiger partial charge in [0.05, 0.1) is 10.2 Å². The predicted molar refractivity (Wildman–Crippen MR) is 97.4 cm³/mol. The first kappa shape index (κ1) is 15.3. The minimum absolute atomic E-state index is 0.803. The summed E-state index contributed by atoms with van der Waals surface area (Å²) in [7, 11) is 0. The van der Waals surface area contributed by atoms with E-state index in [1.54, 1.807) is 29.4 Å². The summed E-state index contributed by atoms with van der Waals surface area (Å²) >= 11 is 3.19. The van der Waals surface area contributed by atoms with Gasteiger partial charge in [0.1, 0.15) is 11.4 Å². The summed E-state index contributed by atoms with van der Waals surface area (Å²) in [5, 5.41) is 12.7. The van der Waals surface area contributed by atoms with Crippen molar-refractivity contribution in [2.45, 2.75) is 30.6 Å². The van der Waals surface area contributed by atoms with Crippen molar-refractivity contribution < 1.29 is 0 Å². The third kappa shape index (κ3) is 2.59. The summed E-state index contributed by atoms with van der Waals surface area (Å²) in [6.45, 7) is 5.00. The van der Waals surface area contributed by atoms with E-state index in [9.17, 15) is 0 Å². The van der Waals surface area contributed by atoms with Crippen LogP contribution in [0.4, 0.5) is 0 Å². The van der Waals surface area contributed by atoms with Gasteiger partial charge in [-0.25, -0.2) is 9.97 Å². The molecule has 0 spiro atoms. The number of benzene rings is 1. The van der Waals surface area contributed by atoms with Crippen molar-refractivity contribution in [1.29, 1.82) is 0 Å². The van der Waals surface area contributed by atoms with Crippen molar-refractivity contribution in [3.05, 3.63) is 47.6 Å². The lowest BCUT2D eigenvalue weighted by atomic mass is 10.1. The van der Waals surface area contributed by atoms with Gasteiger partial charge in [0.2, 0.25) is 0 Å². The Morgan fingerprint density at radius 1 is 1.12 bits per heavy atom. The van der Waals surface area contributed by atoms with Crippen molar-refractivity contribution in [2.75, 3.05) is 0 Å². The Morgan fingerprint density at radius 2 is 2.00 bits per heavy atom. The largest absolute Gasteiger partial charge is 0.302 e. The molecule has 0 bridgehead atoms. The van der Waals surface area contributed by atoms with Crippen molar-refractivity contribution in [3.8, 4) is 11.4 Å². The molecule has 1 aromatic carbocycles. The van der Waals surface area contributed by atoms with Crippen LogP contribution in [0.2, 0.25) is 0 Å². The summed E-state index contributed by atoms with van der Waals surface area (Å²) in [5.74, 6) is 0.898. The fourth-order valence-electron chi connectivity index (χ4n) is 2.60. The molecule has 0 N–H and O–H groups in total. The maximum atomic E-state index is 4.43. The van der Waals surface area contributed by atoms with Crippen LogP contribution in [-0.2, 0) is 6.54 Å². The highest BCUT2D eigenvalue weighted by Crippen LogP contribution is 2.34. The van der Waals surface area contributed by atoms with Gasteiger partial charge in [-0.15, -0.1) is 21.5 Å². The Labute approximate surface area is 147 Å². The Morgan fingerprint density at radius 3 is 2.83 bits per heavy atom. The maximum absolute atomic E-state index is 4.43. The Balaban J connectivity index is 1.77. The van der Waals surface area contributed by atoms with Gasteiger partial charge in [-0.3, -0.25) is 0 Å². The lowest BCUT2D eigenvalue weighted by Crippen LogP contribution is -2.00. The third-order valence-corrected chi connectivity index (χ3v) is 5.84. The Bertz CT molecular complexity index is 1010. The van der Waals surface area contributed by atoms with Gasteiger partial charge < -0.3 is 4.57 Å². The van der Waals surface area contributed by atoms with E-state index in [-0.39, 0.29) is 0 Å². The lowest BCUT2D eigenvalue weighted by molar-refractivity contribution is 0.686. The van der Waals surface area contributed by atoms with Crippen LogP contribution in [0.5, 0.6) is 0 Å². The van der Waals surface area contributed by atoms with E-state index in [1.165, 1.54) is 5.56 Å². The van der Waals surface area contributed by atoms with Gasteiger partial charge in [0.25, 0.3) is 0 Å². The quantitative estimate of drug-likeness (QED) is 0.508. The van der Waals surface area contributed by atoms with E-state index in [4.69, 9.17) is 0 Å². The van der Waals surface area contributed by atoms with Crippen molar-refractivity contribution in [2.24, 2.45) is 0 Å². The second kappa shape index (κ2) is 6.33. The average molecular weight is 353 g/mol. The molecule has 0 aliphatic heterocycles. The van der Waals surface area contributed by atoms with Crippen LogP contribution in [0, 0.1) is 6.92 Å². The molecular weight excluding hydrogens is 338 g/mol. The Kier molecular flexibility index (Phi) is 4.03. The molecule has 0 radical (unpaired) electrons. The normalized spacial score (nSPS) is 11.2.